The lowest BCUT2D eigenvalue weighted by Gasteiger charge is -2.26. The lowest BCUT2D eigenvalue weighted by Crippen LogP contribution is -2.35. The summed E-state index contributed by atoms with van der Waals surface area (Å²) < 4.78 is 7.49. The summed E-state index contributed by atoms with van der Waals surface area (Å²) in [5.74, 6) is 1.01. The van der Waals surface area contributed by atoms with E-state index in [0.29, 0.717) is 29.6 Å². The smallest absolute Gasteiger partial charge is 0.264 e. The summed E-state index contributed by atoms with van der Waals surface area (Å²) >= 11 is 0. The van der Waals surface area contributed by atoms with E-state index in [1.165, 1.54) is 24.2 Å². The number of rotatable bonds is 4. The number of amides is 2. The predicted molar refractivity (Wildman–Crippen MR) is 98.7 cm³/mol. The zero-order chi connectivity index (χ0) is 18.8. The van der Waals surface area contributed by atoms with Gasteiger partial charge in [0.1, 0.15) is 12.1 Å². The molecule has 1 fully saturated rings. The molecule has 1 saturated carbocycles. The molecular weight excluding hydrogens is 346 g/mol. The lowest BCUT2D eigenvalue weighted by molar-refractivity contribution is -0.120. The highest BCUT2D eigenvalue weighted by atomic mass is 16.5. The first kappa shape index (κ1) is 17.5. The number of aromatic nitrogens is 3. The SMILES string of the molecule is CN1C(=O)COc2ccc(C(=O)NCc3nncn3C3CCCCC3)cc21. The minimum atomic E-state index is -0.220. The van der Waals surface area contributed by atoms with Crippen LogP contribution in [-0.2, 0) is 11.3 Å². The Bertz CT molecular complexity index is 857. The minimum Gasteiger partial charge on any atom is -0.482 e. The number of carbonyl (C=O) groups excluding carboxylic acids is 2. The van der Waals surface area contributed by atoms with Crippen molar-refractivity contribution in [3.05, 3.63) is 35.9 Å². The highest BCUT2D eigenvalue weighted by Gasteiger charge is 2.24. The van der Waals surface area contributed by atoms with E-state index in [0.717, 1.165) is 18.7 Å². The Morgan fingerprint density at radius 3 is 2.93 bits per heavy atom. The summed E-state index contributed by atoms with van der Waals surface area (Å²) in [4.78, 5) is 25.9. The highest BCUT2D eigenvalue weighted by molar-refractivity contribution is 6.00. The molecule has 0 atom stereocenters. The van der Waals surface area contributed by atoms with E-state index in [1.807, 2.05) is 0 Å². The van der Waals surface area contributed by atoms with Gasteiger partial charge in [0.15, 0.2) is 12.4 Å². The summed E-state index contributed by atoms with van der Waals surface area (Å²) in [6.45, 7) is 0.337. The van der Waals surface area contributed by atoms with Crippen LogP contribution >= 0.6 is 0 Å². The Kier molecular flexibility index (Phi) is 4.79. The van der Waals surface area contributed by atoms with Gasteiger partial charge in [0.2, 0.25) is 0 Å². The second-order valence-corrected chi connectivity index (χ2v) is 7.05. The van der Waals surface area contributed by atoms with Gasteiger partial charge in [0.25, 0.3) is 11.8 Å². The lowest BCUT2D eigenvalue weighted by atomic mass is 9.95. The summed E-state index contributed by atoms with van der Waals surface area (Å²) in [5, 5.41) is 11.1. The molecule has 2 heterocycles. The number of carbonyl (C=O) groups is 2. The number of benzene rings is 1. The highest BCUT2D eigenvalue weighted by Crippen LogP contribution is 2.32. The fourth-order valence-corrected chi connectivity index (χ4v) is 3.73. The van der Waals surface area contributed by atoms with Crippen LogP contribution in [0, 0.1) is 0 Å². The predicted octanol–water partition coefficient (Wildman–Crippen LogP) is 2.07. The van der Waals surface area contributed by atoms with Gasteiger partial charge in [-0.1, -0.05) is 19.3 Å². The third-order valence-corrected chi connectivity index (χ3v) is 5.33. The summed E-state index contributed by atoms with van der Waals surface area (Å²) in [7, 11) is 1.68. The zero-order valence-electron chi connectivity index (χ0n) is 15.4. The van der Waals surface area contributed by atoms with Gasteiger partial charge in [0, 0.05) is 18.7 Å². The summed E-state index contributed by atoms with van der Waals surface area (Å²) in [6.07, 6.45) is 7.74. The molecule has 0 spiro atoms. The first-order valence-corrected chi connectivity index (χ1v) is 9.33. The van der Waals surface area contributed by atoms with Crippen molar-refractivity contribution < 1.29 is 14.3 Å². The Morgan fingerprint density at radius 1 is 1.30 bits per heavy atom. The molecule has 142 valence electrons. The van der Waals surface area contributed by atoms with E-state index in [1.54, 1.807) is 31.6 Å². The van der Waals surface area contributed by atoms with E-state index in [9.17, 15) is 9.59 Å². The Hall–Kier alpha value is -2.90. The van der Waals surface area contributed by atoms with Gasteiger partial charge >= 0.3 is 0 Å². The molecule has 0 radical (unpaired) electrons. The van der Waals surface area contributed by atoms with Gasteiger partial charge in [-0.15, -0.1) is 10.2 Å². The van der Waals surface area contributed by atoms with Crippen LogP contribution in [0.5, 0.6) is 5.75 Å². The topological polar surface area (TPSA) is 89.3 Å². The number of nitrogens with one attached hydrogen (secondary N) is 1. The molecule has 2 aliphatic rings. The van der Waals surface area contributed by atoms with Crippen LogP contribution < -0.4 is 15.0 Å². The molecule has 27 heavy (non-hydrogen) atoms. The van der Waals surface area contributed by atoms with Crippen molar-refractivity contribution in [3.8, 4) is 5.75 Å². The van der Waals surface area contributed by atoms with Gasteiger partial charge in [-0.05, 0) is 31.0 Å². The van der Waals surface area contributed by atoms with Crippen molar-refractivity contribution in [3.63, 3.8) is 0 Å². The van der Waals surface area contributed by atoms with E-state index in [-0.39, 0.29) is 18.4 Å². The van der Waals surface area contributed by atoms with Crippen LogP contribution in [0.1, 0.15) is 54.3 Å². The number of hydrogen-bond acceptors (Lipinski definition) is 5. The molecule has 4 rings (SSSR count). The van der Waals surface area contributed by atoms with Crippen molar-refractivity contribution >= 4 is 17.5 Å². The molecule has 2 amide bonds. The van der Waals surface area contributed by atoms with Gasteiger partial charge in [0.05, 0.1) is 12.2 Å². The number of hydrogen-bond donors (Lipinski definition) is 1. The van der Waals surface area contributed by atoms with Gasteiger partial charge in [-0.25, -0.2) is 0 Å². The van der Waals surface area contributed by atoms with Crippen LogP contribution in [0.25, 0.3) is 0 Å². The summed E-state index contributed by atoms with van der Waals surface area (Å²) in [5.41, 5.74) is 1.08. The fourth-order valence-electron chi connectivity index (χ4n) is 3.73. The van der Waals surface area contributed by atoms with Crippen LogP contribution in [0.15, 0.2) is 24.5 Å². The normalized spacial score (nSPS) is 17.4. The molecular formula is C19H23N5O3. The average Bonchev–Trinajstić information content (AvgIpc) is 3.18. The Morgan fingerprint density at radius 2 is 2.11 bits per heavy atom. The van der Waals surface area contributed by atoms with Gasteiger partial charge in [-0.3, -0.25) is 9.59 Å². The maximum absolute atomic E-state index is 12.6. The van der Waals surface area contributed by atoms with Crippen LogP contribution in [0.2, 0.25) is 0 Å². The molecule has 1 aromatic carbocycles. The van der Waals surface area contributed by atoms with E-state index >= 15 is 0 Å². The molecule has 0 bridgehead atoms. The second-order valence-electron chi connectivity index (χ2n) is 7.05. The largest absolute Gasteiger partial charge is 0.482 e. The molecule has 1 aliphatic heterocycles. The van der Waals surface area contributed by atoms with Crippen molar-refractivity contribution in [2.24, 2.45) is 0 Å². The van der Waals surface area contributed by atoms with Crippen molar-refractivity contribution in [2.45, 2.75) is 44.7 Å². The van der Waals surface area contributed by atoms with E-state index in [4.69, 9.17) is 4.74 Å². The quantitative estimate of drug-likeness (QED) is 0.891. The molecule has 8 nitrogen and oxygen atoms in total. The van der Waals surface area contributed by atoms with Crippen LogP contribution in [0.4, 0.5) is 5.69 Å². The number of likely N-dealkylation sites (N-methyl/N-ethyl adjacent to an activating group) is 1. The van der Waals surface area contributed by atoms with Gasteiger partial charge in [-0.2, -0.15) is 0 Å². The third-order valence-electron chi connectivity index (χ3n) is 5.33. The van der Waals surface area contributed by atoms with Gasteiger partial charge < -0.3 is 19.5 Å². The molecule has 2 aromatic rings. The number of ether oxygens (including phenoxy) is 1. The molecule has 1 N–H and O–H groups in total. The minimum absolute atomic E-state index is 0.0197. The molecule has 0 unspecified atom stereocenters. The number of nitrogens with zero attached hydrogens (tertiary/aromatic N) is 4. The Labute approximate surface area is 157 Å². The molecule has 1 aromatic heterocycles. The van der Waals surface area contributed by atoms with Crippen LogP contribution in [0.3, 0.4) is 0 Å². The first-order chi connectivity index (χ1) is 13.1. The molecule has 1 aliphatic carbocycles. The van der Waals surface area contributed by atoms with Crippen molar-refractivity contribution in [1.82, 2.24) is 20.1 Å². The van der Waals surface area contributed by atoms with E-state index < -0.39 is 0 Å². The number of anilines is 1. The van der Waals surface area contributed by atoms with Crippen LogP contribution in [-0.4, -0.2) is 40.2 Å². The maximum atomic E-state index is 12.6. The van der Waals surface area contributed by atoms with Crippen molar-refractivity contribution in [1.29, 1.82) is 0 Å². The third kappa shape index (κ3) is 3.51. The number of fused-ring (bicyclic) bond motifs is 1. The Balaban J connectivity index is 1.45. The molecule has 0 saturated heterocycles. The fraction of sp³-hybridized carbons (Fsp3) is 0.474. The van der Waals surface area contributed by atoms with Crippen molar-refractivity contribution in [2.75, 3.05) is 18.6 Å². The standard InChI is InChI=1S/C19H23N5O3/c1-23-15-9-13(7-8-16(15)27-11-18(23)25)19(26)20-10-17-22-21-12-24(17)14-5-3-2-4-6-14/h7-9,12,14H,2-6,10-11H2,1H3,(H,20,26). The zero-order valence-corrected chi connectivity index (χ0v) is 15.4. The maximum Gasteiger partial charge on any atom is 0.264 e. The first-order valence-electron chi connectivity index (χ1n) is 9.33. The molecule has 8 heteroatoms. The average molecular weight is 369 g/mol. The van der Waals surface area contributed by atoms with E-state index in [2.05, 4.69) is 20.1 Å². The second kappa shape index (κ2) is 7.38. The summed E-state index contributed by atoms with van der Waals surface area (Å²) in [6, 6.07) is 5.51. The monoisotopic (exact) mass is 369 g/mol.